The molecule has 1 aromatic carbocycles. The average Bonchev–Trinajstić information content (AvgIpc) is 3.32. The number of nitrogens with one attached hydrogen (secondary N) is 1. The van der Waals surface area contributed by atoms with Crippen molar-refractivity contribution in [2.45, 2.75) is 0 Å². The summed E-state index contributed by atoms with van der Waals surface area (Å²) in [6.07, 6.45) is 5.78. The average molecular weight is 389 g/mol. The minimum atomic E-state index is -0.601. The van der Waals surface area contributed by atoms with Gasteiger partial charge in [-0.25, -0.2) is 14.5 Å². The van der Waals surface area contributed by atoms with Crippen LogP contribution in [0.5, 0.6) is 0 Å². The number of esters is 1. The molecule has 1 N–H and O–H groups in total. The number of thiophene rings is 1. The molecule has 0 aliphatic heterocycles. The first-order valence-corrected chi connectivity index (χ1v) is 8.70. The molecule has 9 heteroatoms. The van der Waals surface area contributed by atoms with Gasteiger partial charge in [-0.3, -0.25) is 4.79 Å². The molecule has 3 rings (SSSR count). The van der Waals surface area contributed by atoms with E-state index in [4.69, 9.17) is 16.3 Å². The van der Waals surface area contributed by atoms with Crippen molar-refractivity contribution in [2.75, 3.05) is 11.9 Å². The number of anilines is 1. The molecule has 0 atom stereocenters. The standard InChI is InChI=1S/C17H13ClN4O3S/c18-12-3-5-15(22-11-19-10-20-22)14(8-12)21-16(23)9-25-17(24)6-4-13-2-1-7-26-13/h1-8,10-11H,9H2,(H,21,23)/b6-4+. The largest absolute Gasteiger partial charge is 0.452 e. The Bertz CT molecular complexity index is 924. The summed E-state index contributed by atoms with van der Waals surface area (Å²) in [7, 11) is 0. The van der Waals surface area contributed by atoms with Crippen LogP contribution < -0.4 is 5.32 Å². The van der Waals surface area contributed by atoms with Gasteiger partial charge in [0.1, 0.15) is 12.7 Å². The van der Waals surface area contributed by atoms with Gasteiger partial charge in [0, 0.05) is 16.0 Å². The van der Waals surface area contributed by atoms with E-state index in [1.165, 1.54) is 34.7 Å². The molecule has 0 bridgehead atoms. The molecule has 0 saturated heterocycles. The Labute approximate surface area is 157 Å². The Morgan fingerprint density at radius 1 is 1.35 bits per heavy atom. The van der Waals surface area contributed by atoms with Gasteiger partial charge in [-0.15, -0.1) is 11.3 Å². The van der Waals surface area contributed by atoms with E-state index < -0.39 is 18.5 Å². The lowest BCUT2D eigenvalue weighted by atomic mass is 10.2. The predicted molar refractivity (Wildman–Crippen MR) is 99.3 cm³/mol. The lowest BCUT2D eigenvalue weighted by Crippen LogP contribution is -2.21. The van der Waals surface area contributed by atoms with Crippen molar-refractivity contribution >= 4 is 46.6 Å². The van der Waals surface area contributed by atoms with Crippen molar-refractivity contribution in [3.63, 3.8) is 0 Å². The summed E-state index contributed by atoms with van der Waals surface area (Å²) in [4.78, 5) is 28.6. The summed E-state index contributed by atoms with van der Waals surface area (Å²) in [5, 5.41) is 9.02. The van der Waals surface area contributed by atoms with Crippen LogP contribution >= 0.6 is 22.9 Å². The van der Waals surface area contributed by atoms with Gasteiger partial charge in [0.25, 0.3) is 5.91 Å². The van der Waals surface area contributed by atoms with Crippen LogP contribution in [0.25, 0.3) is 11.8 Å². The Balaban J connectivity index is 1.60. The van der Waals surface area contributed by atoms with E-state index >= 15 is 0 Å². The van der Waals surface area contributed by atoms with Crippen LogP contribution in [0.3, 0.4) is 0 Å². The Kier molecular flexibility index (Phi) is 5.77. The van der Waals surface area contributed by atoms with Crippen LogP contribution in [-0.2, 0) is 14.3 Å². The summed E-state index contributed by atoms with van der Waals surface area (Å²) >= 11 is 7.48. The number of carbonyl (C=O) groups excluding carboxylic acids is 2. The Morgan fingerprint density at radius 2 is 2.23 bits per heavy atom. The van der Waals surface area contributed by atoms with Crippen molar-refractivity contribution in [3.8, 4) is 5.69 Å². The molecule has 0 radical (unpaired) electrons. The summed E-state index contributed by atoms with van der Waals surface area (Å²) in [6.45, 7) is -0.420. The van der Waals surface area contributed by atoms with Crippen molar-refractivity contribution in [1.29, 1.82) is 0 Å². The smallest absolute Gasteiger partial charge is 0.331 e. The molecule has 3 aromatic rings. The molecule has 26 heavy (non-hydrogen) atoms. The third-order valence-electron chi connectivity index (χ3n) is 3.17. The summed E-state index contributed by atoms with van der Waals surface area (Å²) in [6, 6.07) is 8.69. The fraction of sp³-hybridized carbons (Fsp3) is 0.0588. The number of benzene rings is 1. The third kappa shape index (κ3) is 4.78. The SMILES string of the molecule is O=C(COC(=O)/C=C/c1cccs1)Nc1cc(Cl)ccc1-n1cncn1. The van der Waals surface area contributed by atoms with E-state index in [0.29, 0.717) is 16.4 Å². The first-order chi connectivity index (χ1) is 12.6. The lowest BCUT2D eigenvalue weighted by Gasteiger charge is -2.11. The highest BCUT2D eigenvalue weighted by atomic mass is 35.5. The monoisotopic (exact) mass is 388 g/mol. The number of carbonyl (C=O) groups is 2. The second-order valence-electron chi connectivity index (χ2n) is 5.01. The number of rotatable bonds is 6. The van der Waals surface area contributed by atoms with Crippen LogP contribution in [0.1, 0.15) is 4.88 Å². The highest BCUT2D eigenvalue weighted by Crippen LogP contribution is 2.23. The summed E-state index contributed by atoms with van der Waals surface area (Å²) in [5.74, 6) is -1.09. The zero-order chi connectivity index (χ0) is 18.4. The maximum atomic E-state index is 12.1. The topological polar surface area (TPSA) is 86.1 Å². The highest BCUT2D eigenvalue weighted by molar-refractivity contribution is 7.10. The van der Waals surface area contributed by atoms with Crippen molar-refractivity contribution in [1.82, 2.24) is 14.8 Å². The van der Waals surface area contributed by atoms with Gasteiger partial charge in [0.2, 0.25) is 0 Å². The van der Waals surface area contributed by atoms with E-state index in [1.807, 2.05) is 17.5 Å². The van der Waals surface area contributed by atoms with Gasteiger partial charge in [0.05, 0.1) is 11.4 Å². The fourth-order valence-corrected chi connectivity index (χ4v) is 2.84. The quantitative estimate of drug-likeness (QED) is 0.517. The second-order valence-corrected chi connectivity index (χ2v) is 6.42. The number of halogens is 1. The van der Waals surface area contributed by atoms with E-state index in [9.17, 15) is 9.59 Å². The zero-order valence-corrected chi connectivity index (χ0v) is 14.9. The molecule has 1 amide bonds. The van der Waals surface area contributed by atoms with Gasteiger partial charge in [-0.2, -0.15) is 5.10 Å². The van der Waals surface area contributed by atoms with Gasteiger partial charge in [-0.05, 0) is 35.7 Å². The van der Waals surface area contributed by atoms with E-state index in [-0.39, 0.29) is 0 Å². The van der Waals surface area contributed by atoms with Crippen LogP contribution in [0.4, 0.5) is 5.69 Å². The molecule has 2 aromatic heterocycles. The first-order valence-electron chi connectivity index (χ1n) is 7.44. The lowest BCUT2D eigenvalue weighted by molar-refractivity contribution is -0.142. The van der Waals surface area contributed by atoms with Crippen molar-refractivity contribution in [2.24, 2.45) is 0 Å². The maximum Gasteiger partial charge on any atom is 0.331 e. The maximum absolute atomic E-state index is 12.1. The normalized spacial score (nSPS) is 10.8. The zero-order valence-electron chi connectivity index (χ0n) is 13.3. The molecule has 0 spiro atoms. The number of aromatic nitrogens is 3. The summed E-state index contributed by atoms with van der Waals surface area (Å²) in [5.41, 5.74) is 1.02. The third-order valence-corrected chi connectivity index (χ3v) is 4.24. The fourth-order valence-electron chi connectivity index (χ4n) is 2.05. The Morgan fingerprint density at radius 3 is 2.96 bits per heavy atom. The number of ether oxygens (including phenoxy) is 1. The van der Waals surface area contributed by atoms with Crippen LogP contribution in [0, 0.1) is 0 Å². The molecule has 0 saturated carbocycles. The molecule has 7 nitrogen and oxygen atoms in total. The minimum Gasteiger partial charge on any atom is -0.452 e. The molecule has 132 valence electrons. The van der Waals surface area contributed by atoms with Crippen molar-refractivity contribution in [3.05, 3.63) is 64.3 Å². The number of nitrogens with zero attached hydrogens (tertiary/aromatic N) is 3. The van der Waals surface area contributed by atoms with Gasteiger partial charge in [-0.1, -0.05) is 17.7 Å². The number of hydrogen-bond donors (Lipinski definition) is 1. The van der Waals surface area contributed by atoms with Crippen LogP contribution in [-0.4, -0.2) is 33.2 Å². The molecule has 2 heterocycles. The van der Waals surface area contributed by atoms with E-state index in [2.05, 4.69) is 15.4 Å². The highest BCUT2D eigenvalue weighted by Gasteiger charge is 2.11. The van der Waals surface area contributed by atoms with Crippen LogP contribution in [0.2, 0.25) is 5.02 Å². The molecular formula is C17H13ClN4O3S. The van der Waals surface area contributed by atoms with Crippen LogP contribution in [0.15, 0.2) is 54.4 Å². The molecule has 0 aliphatic rings. The molecule has 0 fully saturated rings. The predicted octanol–water partition coefficient (Wildman–Crippen LogP) is 3.18. The second kappa shape index (κ2) is 8.41. The molecule has 0 aliphatic carbocycles. The van der Waals surface area contributed by atoms with Gasteiger partial charge >= 0.3 is 5.97 Å². The van der Waals surface area contributed by atoms with Gasteiger partial charge in [0.15, 0.2) is 6.61 Å². The molecular weight excluding hydrogens is 376 g/mol. The van der Waals surface area contributed by atoms with Crippen molar-refractivity contribution < 1.29 is 14.3 Å². The minimum absolute atomic E-state index is 0.420. The summed E-state index contributed by atoms with van der Waals surface area (Å²) < 4.78 is 6.42. The number of amides is 1. The number of hydrogen-bond acceptors (Lipinski definition) is 6. The molecule has 0 unspecified atom stereocenters. The first kappa shape index (κ1) is 17.8. The Hall–Kier alpha value is -2.97. The van der Waals surface area contributed by atoms with E-state index in [0.717, 1.165) is 4.88 Å². The van der Waals surface area contributed by atoms with Gasteiger partial charge < -0.3 is 10.1 Å². The van der Waals surface area contributed by atoms with E-state index in [1.54, 1.807) is 24.3 Å².